The molecule has 1 fully saturated rings. The molecule has 128 valence electrons. The summed E-state index contributed by atoms with van der Waals surface area (Å²) in [6.07, 6.45) is 3.76. The molecule has 4 heteroatoms. The molecule has 4 nitrogen and oxygen atoms in total. The maximum atomic E-state index is 5.47. The van der Waals surface area contributed by atoms with Gasteiger partial charge in [-0.1, -0.05) is 30.3 Å². The minimum Gasteiger partial charge on any atom is -0.379 e. The van der Waals surface area contributed by atoms with Crippen molar-refractivity contribution in [2.45, 2.75) is 26.1 Å². The van der Waals surface area contributed by atoms with E-state index in [1.807, 2.05) is 12.4 Å². The average molecular weight is 325 g/mol. The van der Waals surface area contributed by atoms with E-state index in [9.17, 15) is 0 Å². The standard InChI is InChI=1S/C20H27N3O/c1-18(15-22-11-13-24-14-12-22)23(16-19-5-3-2-4-6-19)17-20-7-9-21-10-8-20/h2-10,18H,11-17H2,1H3/t18-/m0/s1. The molecule has 0 unspecified atom stereocenters. The third kappa shape index (κ3) is 5.13. The van der Waals surface area contributed by atoms with Crippen LogP contribution < -0.4 is 0 Å². The third-order valence-corrected chi connectivity index (χ3v) is 4.61. The van der Waals surface area contributed by atoms with Gasteiger partial charge < -0.3 is 4.74 Å². The fourth-order valence-electron chi connectivity index (χ4n) is 3.18. The minimum absolute atomic E-state index is 0.483. The molecular weight excluding hydrogens is 298 g/mol. The van der Waals surface area contributed by atoms with Crippen molar-refractivity contribution < 1.29 is 4.74 Å². The lowest BCUT2D eigenvalue weighted by atomic mass is 10.1. The van der Waals surface area contributed by atoms with Crippen LogP contribution in [0, 0.1) is 0 Å². The summed E-state index contributed by atoms with van der Waals surface area (Å²) in [5.41, 5.74) is 2.68. The van der Waals surface area contributed by atoms with Gasteiger partial charge >= 0.3 is 0 Å². The lowest BCUT2D eigenvalue weighted by Crippen LogP contribution is -2.45. The van der Waals surface area contributed by atoms with Gasteiger partial charge in [0.25, 0.3) is 0 Å². The van der Waals surface area contributed by atoms with Crippen LogP contribution in [-0.2, 0) is 17.8 Å². The summed E-state index contributed by atoms with van der Waals surface area (Å²) >= 11 is 0. The van der Waals surface area contributed by atoms with Gasteiger partial charge in [-0.3, -0.25) is 14.8 Å². The number of hydrogen-bond donors (Lipinski definition) is 0. The van der Waals surface area contributed by atoms with Gasteiger partial charge in [0.15, 0.2) is 0 Å². The van der Waals surface area contributed by atoms with E-state index in [1.54, 1.807) is 0 Å². The van der Waals surface area contributed by atoms with Gasteiger partial charge in [-0.2, -0.15) is 0 Å². The Labute approximate surface area is 145 Å². The average Bonchev–Trinajstić information content (AvgIpc) is 2.64. The number of benzene rings is 1. The summed E-state index contributed by atoms with van der Waals surface area (Å²) in [4.78, 5) is 9.20. The molecule has 2 heterocycles. The first-order chi connectivity index (χ1) is 11.8. The van der Waals surface area contributed by atoms with Gasteiger partial charge in [0, 0.05) is 51.2 Å². The molecule has 24 heavy (non-hydrogen) atoms. The van der Waals surface area contributed by atoms with Crippen molar-refractivity contribution in [2.75, 3.05) is 32.8 Å². The van der Waals surface area contributed by atoms with Crippen LogP contribution >= 0.6 is 0 Å². The second-order valence-electron chi connectivity index (χ2n) is 6.51. The predicted molar refractivity (Wildman–Crippen MR) is 96.6 cm³/mol. The van der Waals surface area contributed by atoms with Crippen LogP contribution in [0.1, 0.15) is 18.1 Å². The molecule has 2 aromatic rings. The second kappa shape index (κ2) is 8.92. The number of aromatic nitrogens is 1. The Balaban J connectivity index is 1.67. The molecule has 1 saturated heterocycles. The van der Waals surface area contributed by atoms with E-state index in [-0.39, 0.29) is 0 Å². The van der Waals surface area contributed by atoms with Crippen LogP contribution in [0.2, 0.25) is 0 Å². The maximum Gasteiger partial charge on any atom is 0.0594 e. The Hall–Kier alpha value is -1.75. The molecule has 0 amide bonds. The highest BCUT2D eigenvalue weighted by Gasteiger charge is 2.19. The molecule has 0 radical (unpaired) electrons. The van der Waals surface area contributed by atoms with Crippen molar-refractivity contribution in [1.82, 2.24) is 14.8 Å². The molecule has 0 N–H and O–H groups in total. The summed E-state index contributed by atoms with van der Waals surface area (Å²) in [6, 6.07) is 15.4. The van der Waals surface area contributed by atoms with Crippen LogP contribution in [0.4, 0.5) is 0 Å². The Kier molecular flexibility index (Phi) is 6.35. The number of morpholine rings is 1. The van der Waals surface area contributed by atoms with Crippen LogP contribution in [-0.4, -0.2) is 53.7 Å². The monoisotopic (exact) mass is 325 g/mol. The first kappa shape index (κ1) is 17.1. The van der Waals surface area contributed by atoms with Gasteiger partial charge in [0.1, 0.15) is 0 Å². The molecule has 1 aliphatic rings. The van der Waals surface area contributed by atoms with Crippen molar-refractivity contribution in [3.05, 3.63) is 66.0 Å². The van der Waals surface area contributed by atoms with Crippen molar-refractivity contribution in [3.63, 3.8) is 0 Å². The van der Waals surface area contributed by atoms with Crippen molar-refractivity contribution in [1.29, 1.82) is 0 Å². The summed E-state index contributed by atoms with van der Waals surface area (Å²) in [5, 5.41) is 0. The highest BCUT2D eigenvalue weighted by atomic mass is 16.5. The lowest BCUT2D eigenvalue weighted by molar-refractivity contribution is 0.0226. The Morgan fingerprint density at radius 1 is 1.00 bits per heavy atom. The first-order valence-corrected chi connectivity index (χ1v) is 8.78. The zero-order valence-electron chi connectivity index (χ0n) is 14.5. The van der Waals surface area contributed by atoms with Crippen LogP contribution in [0.3, 0.4) is 0 Å². The quantitative estimate of drug-likeness (QED) is 0.783. The van der Waals surface area contributed by atoms with Crippen molar-refractivity contribution >= 4 is 0 Å². The van der Waals surface area contributed by atoms with Crippen molar-refractivity contribution in [2.24, 2.45) is 0 Å². The Bertz CT molecular complexity index is 543. The number of pyridine rings is 1. The van der Waals surface area contributed by atoms with E-state index in [1.165, 1.54) is 11.1 Å². The van der Waals surface area contributed by atoms with Gasteiger partial charge in [-0.15, -0.1) is 0 Å². The smallest absolute Gasteiger partial charge is 0.0594 e. The van der Waals surface area contributed by atoms with Crippen LogP contribution in [0.5, 0.6) is 0 Å². The summed E-state index contributed by atoms with van der Waals surface area (Å²) in [6.45, 7) is 9.13. The summed E-state index contributed by atoms with van der Waals surface area (Å²) in [7, 11) is 0. The van der Waals surface area contributed by atoms with Crippen LogP contribution in [0.15, 0.2) is 54.9 Å². The maximum absolute atomic E-state index is 5.47. The summed E-state index contributed by atoms with van der Waals surface area (Å²) in [5.74, 6) is 0. The molecule has 0 spiro atoms. The Morgan fingerprint density at radius 2 is 1.62 bits per heavy atom. The Morgan fingerprint density at radius 3 is 2.29 bits per heavy atom. The van der Waals surface area contributed by atoms with E-state index in [0.29, 0.717) is 6.04 Å². The number of ether oxygens (including phenoxy) is 1. The van der Waals surface area contributed by atoms with Gasteiger partial charge in [-0.25, -0.2) is 0 Å². The molecule has 0 bridgehead atoms. The van der Waals surface area contributed by atoms with E-state index < -0.39 is 0 Å². The largest absolute Gasteiger partial charge is 0.379 e. The SMILES string of the molecule is C[C@@H](CN1CCOCC1)N(Cc1ccccc1)Cc1ccncc1. The number of rotatable bonds is 7. The van der Waals surface area contributed by atoms with Gasteiger partial charge in [0.2, 0.25) is 0 Å². The third-order valence-electron chi connectivity index (χ3n) is 4.61. The molecule has 1 aliphatic heterocycles. The zero-order chi connectivity index (χ0) is 16.6. The topological polar surface area (TPSA) is 28.6 Å². The molecule has 1 atom stereocenters. The highest BCUT2D eigenvalue weighted by Crippen LogP contribution is 2.14. The van der Waals surface area contributed by atoms with Gasteiger partial charge in [0.05, 0.1) is 13.2 Å². The zero-order valence-corrected chi connectivity index (χ0v) is 14.5. The molecular formula is C20H27N3O. The minimum atomic E-state index is 0.483. The first-order valence-electron chi connectivity index (χ1n) is 8.78. The van der Waals surface area contributed by atoms with Crippen molar-refractivity contribution in [3.8, 4) is 0 Å². The molecule has 1 aromatic carbocycles. The normalized spacial score (nSPS) is 17.1. The van der Waals surface area contributed by atoms with E-state index >= 15 is 0 Å². The van der Waals surface area contributed by atoms with E-state index in [2.05, 4.69) is 64.2 Å². The van der Waals surface area contributed by atoms with Gasteiger partial charge in [-0.05, 0) is 30.2 Å². The number of hydrogen-bond acceptors (Lipinski definition) is 4. The number of nitrogens with zero attached hydrogens (tertiary/aromatic N) is 3. The lowest BCUT2D eigenvalue weighted by Gasteiger charge is -2.35. The molecule has 0 saturated carbocycles. The molecule has 3 rings (SSSR count). The molecule has 0 aliphatic carbocycles. The van der Waals surface area contributed by atoms with E-state index in [4.69, 9.17) is 4.74 Å². The van der Waals surface area contributed by atoms with Crippen LogP contribution in [0.25, 0.3) is 0 Å². The molecule has 1 aromatic heterocycles. The predicted octanol–water partition coefficient (Wildman–Crippen LogP) is 2.80. The van der Waals surface area contributed by atoms with E-state index in [0.717, 1.165) is 45.9 Å². The fraction of sp³-hybridized carbons (Fsp3) is 0.450. The second-order valence-corrected chi connectivity index (χ2v) is 6.51. The fourth-order valence-corrected chi connectivity index (χ4v) is 3.18. The summed E-state index contributed by atoms with van der Waals surface area (Å²) < 4.78 is 5.47. The highest BCUT2D eigenvalue weighted by molar-refractivity contribution is 5.16.